The molecule has 0 fully saturated rings. The molecular formula is C13H11F3N2O3. The van der Waals surface area contributed by atoms with Crippen molar-refractivity contribution in [3.8, 4) is 17.1 Å². The monoisotopic (exact) mass is 300 g/mol. The van der Waals surface area contributed by atoms with Gasteiger partial charge in [-0.1, -0.05) is 12.1 Å². The number of aromatic nitrogens is 2. The first-order valence-electron chi connectivity index (χ1n) is 5.83. The van der Waals surface area contributed by atoms with Crippen LogP contribution >= 0.6 is 0 Å². The summed E-state index contributed by atoms with van der Waals surface area (Å²) in [4.78, 5) is 18.1. The van der Waals surface area contributed by atoms with Gasteiger partial charge in [0.25, 0.3) is 5.56 Å². The second kappa shape index (κ2) is 5.96. The van der Waals surface area contributed by atoms with Crippen molar-refractivity contribution in [3.05, 3.63) is 46.4 Å². The molecule has 5 nitrogen and oxygen atoms in total. The number of nitrogens with zero attached hydrogens (tertiary/aromatic N) is 1. The van der Waals surface area contributed by atoms with Gasteiger partial charge in [0, 0.05) is 18.7 Å². The second-order valence-electron chi connectivity index (χ2n) is 4.09. The third kappa shape index (κ3) is 4.32. The summed E-state index contributed by atoms with van der Waals surface area (Å²) in [6, 6.07) is 6.44. The maximum absolute atomic E-state index is 12.2. The molecule has 2 aromatic rings. The Balaban J connectivity index is 2.38. The molecule has 1 heterocycles. The number of H-pyrrole nitrogens is 1. The van der Waals surface area contributed by atoms with E-state index >= 15 is 0 Å². The number of halogens is 3. The molecule has 0 aliphatic carbocycles. The first kappa shape index (κ1) is 15.0. The van der Waals surface area contributed by atoms with Crippen LogP contribution in [0.4, 0.5) is 13.2 Å². The Morgan fingerprint density at radius 3 is 2.71 bits per heavy atom. The summed E-state index contributed by atoms with van der Waals surface area (Å²) in [6.07, 6.45) is -4.78. The van der Waals surface area contributed by atoms with E-state index in [9.17, 15) is 18.0 Å². The molecule has 0 spiro atoms. The molecule has 0 bridgehead atoms. The van der Waals surface area contributed by atoms with Gasteiger partial charge >= 0.3 is 6.36 Å². The standard InChI is InChI=1S/C13H11F3N2O3/c1-20-7-9-6-11(19)18-12(17-9)8-3-2-4-10(5-8)21-13(14,15)16/h2-6H,7H2,1H3,(H,17,18,19). The lowest BCUT2D eigenvalue weighted by Crippen LogP contribution is -2.17. The van der Waals surface area contributed by atoms with Crippen molar-refractivity contribution in [2.24, 2.45) is 0 Å². The minimum absolute atomic E-state index is 0.121. The number of hydrogen-bond donors (Lipinski definition) is 1. The van der Waals surface area contributed by atoms with Gasteiger partial charge in [0.2, 0.25) is 0 Å². The van der Waals surface area contributed by atoms with E-state index in [-0.39, 0.29) is 18.2 Å². The number of hydrogen-bond acceptors (Lipinski definition) is 4. The largest absolute Gasteiger partial charge is 0.573 e. The van der Waals surface area contributed by atoms with Crippen LogP contribution in [0.15, 0.2) is 35.1 Å². The van der Waals surface area contributed by atoms with Crippen LogP contribution in [0.25, 0.3) is 11.4 Å². The molecule has 1 aromatic carbocycles. The maximum atomic E-state index is 12.2. The molecular weight excluding hydrogens is 289 g/mol. The van der Waals surface area contributed by atoms with Crippen LogP contribution in [0.5, 0.6) is 5.75 Å². The van der Waals surface area contributed by atoms with Crippen molar-refractivity contribution in [1.82, 2.24) is 9.97 Å². The molecule has 8 heteroatoms. The van der Waals surface area contributed by atoms with Gasteiger partial charge in [-0.3, -0.25) is 4.79 Å². The average Bonchev–Trinajstić information content (AvgIpc) is 2.36. The van der Waals surface area contributed by atoms with Crippen molar-refractivity contribution in [1.29, 1.82) is 0 Å². The van der Waals surface area contributed by atoms with Gasteiger partial charge in [0.05, 0.1) is 12.3 Å². The Morgan fingerprint density at radius 2 is 2.05 bits per heavy atom. The normalized spacial score (nSPS) is 11.4. The molecule has 1 N–H and O–H groups in total. The third-order valence-corrected chi connectivity index (χ3v) is 2.43. The van der Waals surface area contributed by atoms with Gasteiger partial charge in [0.15, 0.2) is 0 Å². The van der Waals surface area contributed by atoms with Crippen LogP contribution in [-0.2, 0) is 11.3 Å². The Kier molecular flexibility index (Phi) is 4.27. The summed E-state index contributed by atoms with van der Waals surface area (Å²) < 4.78 is 45.3. The van der Waals surface area contributed by atoms with Gasteiger partial charge in [-0.05, 0) is 12.1 Å². The minimum Gasteiger partial charge on any atom is -0.406 e. The lowest BCUT2D eigenvalue weighted by Gasteiger charge is -2.10. The van der Waals surface area contributed by atoms with Gasteiger partial charge in [-0.25, -0.2) is 4.98 Å². The quantitative estimate of drug-likeness (QED) is 0.942. The zero-order chi connectivity index (χ0) is 15.5. The number of ether oxygens (including phenoxy) is 2. The van der Waals surface area contributed by atoms with Crippen LogP contribution in [0.1, 0.15) is 5.69 Å². The molecule has 112 valence electrons. The minimum atomic E-state index is -4.78. The second-order valence-corrected chi connectivity index (χ2v) is 4.09. The van der Waals surface area contributed by atoms with E-state index in [0.717, 1.165) is 12.1 Å². The Hall–Kier alpha value is -2.35. The molecule has 0 saturated heterocycles. The van der Waals surface area contributed by atoms with Gasteiger partial charge in [-0.15, -0.1) is 13.2 Å². The molecule has 0 saturated carbocycles. The van der Waals surface area contributed by atoms with E-state index < -0.39 is 11.9 Å². The van der Waals surface area contributed by atoms with E-state index in [1.807, 2.05) is 0 Å². The molecule has 0 atom stereocenters. The molecule has 0 radical (unpaired) electrons. The lowest BCUT2D eigenvalue weighted by atomic mass is 10.2. The van der Waals surface area contributed by atoms with Crippen molar-refractivity contribution >= 4 is 0 Å². The molecule has 0 aliphatic rings. The highest BCUT2D eigenvalue weighted by atomic mass is 19.4. The van der Waals surface area contributed by atoms with Crippen molar-refractivity contribution in [3.63, 3.8) is 0 Å². The number of nitrogens with one attached hydrogen (secondary N) is 1. The lowest BCUT2D eigenvalue weighted by molar-refractivity contribution is -0.274. The van der Waals surface area contributed by atoms with Crippen molar-refractivity contribution < 1.29 is 22.6 Å². The predicted octanol–water partition coefficient (Wildman–Crippen LogP) is 2.48. The number of alkyl halides is 3. The van der Waals surface area contributed by atoms with Crippen molar-refractivity contribution in [2.45, 2.75) is 13.0 Å². The first-order chi connectivity index (χ1) is 9.87. The summed E-state index contributed by atoms with van der Waals surface area (Å²) in [5.74, 6) is -0.248. The molecule has 0 aliphatic heterocycles. The molecule has 21 heavy (non-hydrogen) atoms. The zero-order valence-electron chi connectivity index (χ0n) is 10.9. The van der Waals surface area contributed by atoms with Crippen molar-refractivity contribution in [2.75, 3.05) is 7.11 Å². The Morgan fingerprint density at radius 1 is 1.29 bits per heavy atom. The van der Waals surface area contributed by atoms with Crippen LogP contribution < -0.4 is 10.3 Å². The van der Waals surface area contributed by atoms with Gasteiger partial charge in [-0.2, -0.15) is 0 Å². The summed E-state index contributed by atoms with van der Waals surface area (Å²) in [7, 11) is 1.44. The van der Waals surface area contributed by atoms with E-state index in [1.54, 1.807) is 0 Å². The van der Waals surface area contributed by atoms with Gasteiger partial charge in [0.1, 0.15) is 11.6 Å². The van der Waals surface area contributed by atoms with E-state index in [1.165, 1.54) is 25.3 Å². The molecule has 2 rings (SSSR count). The first-order valence-corrected chi connectivity index (χ1v) is 5.83. The highest BCUT2D eigenvalue weighted by molar-refractivity contribution is 5.57. The fourth-order valence-corrected chi connectivity index (χ4v) is 1.71. The Bertz CT molecular complexity index is 683. The fraction of sp³-hybridized carbons (Fsp3) is 0.231. The third-order valence-electron chi connectivity index (χ3n) is 2.43. The molecule has 0 unspecified atom stereocenters. The van der Waals surface area contributed by atoms with E-state index in [4.69, 9.17) is 4.74 Å². The van der Waals surface area contributed by atoms with E-state index in [0.29, 0.717) is 11.3 Å². The Labute approximate surface area is 117 Å². The summed E-state index contributed by atoms with van der Waals surface area (Å²) in [5.41, 5.74) is 0.249. The summed E-state index contributed by atoms with van der Waals surface area (Å²) >= 11 is 0. The summed E-state index contributed by atoms with van der Waals surface area (Å²) in [6.45, 7) is 0.121. The number of aromatic amines is 1. The number of benzene rings is 1. The highest BCUT2D eigenvalue weighted by Gasteiger charge is 2.31. The topological polar surface area (TPSA) is 64.2 Å². The van der Waals surface area contributed by atoms with Crippen LogP contribution in [0.2, 0.25) is 0 Å². The molecule has 0 amide bonds. The highest BCUT2D eigenvalue weighted by Crippen LogP contribution is 2.26. The molecule has 1 aromatic heterocycles. The zero-order valence-corrected chi connectivity index (χ0v) is 10.9. The number of rotatable bonds is 4. The van der Waals surface area contributed by atoms with E-state index in [2.05, 4.69) is 14.7 Å². The fourth-order valence-electron chi connectivity index (χ4n) is 1.71. The maximum Gasteiger partial charge on any atom is 0.573 e. The predicted molar refractivity (Wildman–Crippen MR) is 67.7 cm³/mol. The summed E-state index contributed by atoms with van der Waals surface area (Å²) in [5, 5.41) is 0. The van der Waals surface area contributed by atoms with Crippen LogP contribution in [0, 0.1) is 0 Å². The van der Waals surface area contributed by atoms with Crippen LogP contribution in [0.3, 0.4) is 0 Å². The van der Waals surface area contributed by atoms with Gasteiger partial charge < -0.3 is 14.5 Å². The smallest absolute Gasteiger partial charge is 0.406 e. The average molecular weight is 300 g/mol. The van der Waals surface area contributed by atoms with Crippen LogP contribution in [-0.4, -0.2) is 23.4 Å². The SMILES string of the molecule is COCc1cc(=O)[nH]c(-c2cccc(OC(F)(F)F)c2)n1. The number of methoxy groups -OCH3 is 1.